The number of aromatic nitrogens is 1. The highest BCUT2D eigenvalue weighted by Gasteiger charge is 2.11. The van der Waals surface area contributed by atoms with Crippen molar-refractivity contribution in [1.82, 2.24) is 4.98 Å². The molecule has 0 saturated carbocycles. The summed E-state index contributed by atoms with van der Waals surface area (Å²) < 4.78 is 5.40. The normalized spacial score (nSPS) is 10.3. The van der Waals surface area contributed by atoms with Crippen molar-refractivity contribution in [1.29, 1.82) is 0 Å². The maximum absolute atomic E-state index is 10.8. The first-order chi connectivity index (χ1) is 8.97. The maximum atomic E-state index is 10.8. The topological polar surface area (TPSA) is 59.4 Å². The third kappa shape index (κ3) is 3.29. The average molecular weight is 319 g/mol. The second kappa shape index (κ2) is 5.65. The summed E-state index contributed by atoms with van der Waals surface area (Å²) in [6.45, 7) is 0. The molecule has 19 heavy (non-hydrogen) atoms. The first-order valence-corrected chi connectivity index (χ1v) is 6.12. The summed E-state index contributed by atoms with van der Waals surface area (Å²) in [5, 5.41) is 9.57. The van der Waals surface area contributed by atoms with Gasteiger partial charge in [-0.3, -0.25) is 0 Å². The van der Waals surface area contributed by atoms with Gasteiger partial charge in [-0.2, -0.15) is 0 Å². The third-order valence-corrected chi connectivity index (χ3v) is 2.93. The predicted octanol–water partition coefficient (Wildman–Crippen LogP) is 4.53. The molecule has 0 radical (unpaired) electrons. The van der Waals surface area contributed by atoms with Crippen molar-refractivity contribution in [3.8, 4) is 11.6 Å². The first-order valence-electron chi connectivity index (χ1n) is 4.99. The number of pyridine rings is 1. The molecule has 1 aromatic heterocycles. The lowest BCUT2D eigenvalue weighted by atomic mass is 10.2. The van der Waals surface area contributed by atoms with Gasteiger partial charge in [0, 0.05) is 6.20 Å². The van der Waals surface area contributed by atoms with Crippen LogP contribution in [-0.4, -0.2) is 16.1 Å². The van der Waals surface area contributed by atoms with E-state index in [9.17, 15) is 4.79 Å². The Morgan fingerprint density at radius 2 is 1.89 bits per heavy atom. The van der Waals surface area contributed by atoms with Crippen LogP contribution in [0.15, 0.2) is 30.5 Å². The van der Waals surface area contributed by atoms with Gasteiger partial charge in [-0.05, 0) is 24.3 Å². The molecule has 0 aliphatic heterocycles. The smallest absolute Gasteiger partial charge is 0.335 e. The summed E-state index contributed by atoms with van der Waals surface area (Å²) >= 11 is 17.5. The van der Waals surface area contributed by atoms with Crippen molar-refractivity contribution in [3.63, 3.8) is 0 Å². The number of carboxylic acids is 1. The van der Waals surface area contributed by atoms with Gasteiger partial charge in [-0.25, -0.2) is 9.78 Å². The van der Waals surface area contributed by atoms with E-state index in [1.165, 1.54) is 30.5 Å². The number of hydrogen-bond acceptors (Lipinski definition) is 3. The minimum Gasteiger partial charge on any atom is -0.478 e. The maximum Gasteiger partial charge on any atom is 0.335 e. The minimum atomic E-state index is -1.07. The van der Waals surface area contributed by atoms with E-state index in [0.717, 1.165) is 0 Å². The Morgan fingerprint density at radius 3 is 2.47 bits per heavy atom. The zero-order valence-electron chi connectivity index (χ0n) is 9.23. The van der Waals surface area contributed by atoms with Crippen molar-refractivity contribution in [3.05, 3.63) is 51.1 Å². The van der Waals surface area contributed by atoms with Crippen LogP contribution in [0, 0.1) is 0 Å². The third-order valence-electron chi connectivity index (χ3n) is 2.16. The molecule has 0 aliphatic carbocycles. The standard InChI is InChI=1S/C12H6Cl3NO3/c13-7-4-9(15)11(16-5-7)19-10-2-1-6(12(17)18)3-8(10)14/h1-5H,(H,17,18). The monoisotopic (exact) mass is 317 g/mol. The van der Waals surface area contributed by atoms with Gasteiger partial charge < -0.3 is 9.84 Å². The molecule has 0 saturated heterocycles. The number of rotatable bonds is 3. The number of hydrogen-bond donors (Lipinski definition) is 1. The average Bonchev–Trinajstić information content (AvgIpc) is 2.34. The Morgan fingerprint density at radius 1 is 1.16 bits per heavy atom. The second-order valence-corrected chi connectivity index (χ2v) is 4.74. The number of ether oxygens (including phenoxy) is 1. The highest BCUT2D eigenvalue weighted by molar-refractivity contribution is 6.35. The Bertz CT molecular complexity index is 646. The predicted molar refractivity (Wildman–Crippen MR) is 72.7 cm³/mol. The van der Waals surface area contributed by atoms with Crippen LogP contribution in [0.4, 0.5) is 0 Å². The van der Waals surface area contributed by atoms with E-state index in [4.69, 9.17) is 44.6 Å². The fourth-order valence-electron chi connectivity index (χ4n) is 1.30. The van der Waals surface area contributed by atoms with Gasteiger partial charge in [0.15, 0.2) is 0 Å². The Labute approximate surface area is 123 Å². The van der Waals surface area contributed by atoms with Crippen LogP contribution >= 0.6 is 34.8 Å². The molecule has 1 N–H and O–H groups in total. The number of carbonyl (C=O) groups is 1. The van der Waals surface area contributed by atoms with Crippen LogP contribution in [0.2, 0.25) is 15.1 Å². The number of aromatic carboxylic acids is 1. The molecule has 2 rings (SSSR count). The summed E-state index contributed by atoms with van der Waals surface area (Å²) in [4.78, 5) is 14.7. The van der Waals surface area contributed by atoms with Gasteiger partial charge in [0.1, 0.15) is 10.8 Å². The van der Waals surface area contributed by atoms with Crippen molar-refractivity contribution < 1.29 is 14.6 Å². The summed E-state index contributed by atoms with van der Waals surface area (Å²) in [6, 6.07) is 5.56. The largest absolute Gasteiger partial charge is 0.478 e. The van der Waals surface area contributed by atoms with Crippen molar-refractivity contribution in [2.75, 3.05) is 0 Å². The Balaban J connectivity index is 2.31. The molecule has 2 aromatic rings. The fourth-order valence-corrected chi connectivity index (χ4v) is 1.94. The molecule has 0 amide bonds. The molecular formula is C12H6Cl3NO3. The minimum absolute atomic E-state index is 0.0625. The molecule has 1 heterocycles. The number of nitrogens with zero attached hydrogens (tertiary/aromatic N) is 1. The molecule has 0 aliphatic rings. The summed E-state index contributed by atoms with van der Waals surface area (Å²) in [6.07, 6.45) is 1.38. The molecule has 4 nitrogen and oxygen atoms in total. The molecule has 1 aromatic carbocycles. The van der Waals surface area contributed by atoms with Gasteiger partial charge >= 0.3 is 5.97 Å². The van der Waals surface area contributed by atoms with E-state index in [-0.39, 0.29) is 27.2 Å². The molecule has 0 spiro atoms. The van der Waals surface area contributed by atoms with Gasteiger partial charge in [0.25, 0.3) is 0 Å². The first kappa shape index (κ1) is 13.9. The van der Waals surface area contributed by atoms with Gasteiger partial charge in [-0.1, -0.05) is 34.8 Å². The molecule has 0 atom stereocenters. The van der Waals surface area contributed by atoms with E-state index in [2.05, 4.69) is 4.98 Å². The van der Waals surface area contributed by atoms with Crippen LogP contribution in [-0.2, 0) is 0 Å². The molecule has 98 valence electrons. The molecular weight excluding hydrogens is 312 g/mol. The number of carboxylic acid groups (broad SMARTS) is 1. The van der Waals surface area contributed by atoms with Crippen LogP contribution in [0.1, 0.15) is 10.4 Å². The van der Waals surface area contributed by atoms with Gasteiger partial charge in [0.2, 0.25) is 5.88 Å². The van der Waals surface area contributed by atoms with Crippen LogP contribution in [0.5, 0.6) is 11.6 Å². The highest BCUT2D eigenvalue weighted by atomic mass is 35.5. The highest BCUT2D eigenvalue weighted by Crippen LogP contribution is 2.33. The molecule has 7 heteroatoms. The van der Waals surface area contributed by atoms with Crippen LogP contribution < -0.4 is 4.74 Å². The van der Waals surface area contributed by atoms with Gasteiger partial charge in [0.05, 0.1) is 15.6 Å². The van der Waals surface area contributed by atoms with E-state index < -0.39 is 5.97 Å². The zero-order chi connectivity index (χ0) is 14.0. The van der Waals surface area contributed by atoms with Crippen LogP contribution in [0.3, 0.4) is 0 Å². The molecule has 0 bridgehead atoms. The summed E-state index contributed by atoms with van der Waals surface area (Å²) in [7, 11) is 0. The van der Waals surface area contributed by atoms with Gasteiger partial charge in [-0.15, -0.1) is 0 Å². The quantitative estimate of drug-likeness (QED) is 0.903. The summed E-state index contributed by atoms with van der Waals surface area (Å²) in [5.74, 6) is -0.685. The second-order valence-electron chi connectivity index (χ2n) is 3.49. The Kier molecular flexibility index (Phi) is 4.14. The summed E-state index contributed by atoms with van der Waals surface area (Å²) in [5.41, 5.74) is 0.0625. The van der Waals surface area contributed by atoms with E-state index in [1.54, 1.807) is 0 Å². The lowest BCUT2D eigenvalue weighted by Crippen LogP contribution is -1.96. The van der Waals surface area contributed by atoms with E-state index >= 15 is 0 Å². The fraction of sp³-hybridized carbons (Fsp3) is 0. The number of halogens is 3. The van der Waals surface area contributed by atoms with Crippen molar-refractivity contribution in [2.45, 2.75) is 0 Å². The van der Waals surface area contributed by atoms with Crippen molar-refractivity contribution >= 4 is 40.8 Å². The van der Waals surface area contributed by atoms with E-state index in [0.29, 0.717) is 5.02 Å². The lowest BCUT2D eigenvalue weighted by Gasteiger charge is -2.08. The number of benzene rings is 1. The van der Waals surface area contributed by atoms with Crippen LogP contribution in [0.25, 0.3) is 0 Å². The Hall–Kier alpha value is -1.49. The van der Waals surface area contributed by atoms with E-state index in [1.807, 2.05) is 0 Å². The molecule has 0 unspecified atom stereocenters. The molecule has 0 fully saturated rings. The van der Waals surface area contributed by atoms with Crippen molar-refractivity contribution in [2.24, 2.45) is 0 Å². The SMILES string of the molecule is O=C(O)c1ccc(Oc2ncc(Cl)cc2Cl)c(Cl)c1. The lowest BCUT2D eigenvalue weighted by molar-refractivity contribution is 0.0697. The zero-order valence-corrected chi connectivity index (χ0v) is 11.5.